The minimum Gasteiger partial charge on any atom is -0.398 e. The lowest BCUT2D eigenvalue weighted by atomic mass is 10.1. The lowest BCUT2D eigenvalue weighted by Crippen LogP contribution is -2.25. The van der Waals surface area contributed by atoms with Crippen LogP contribution >= 0.6 is 23.4 Å². The first-order valence-corrected chi connectivity index (χ1v) is 7.13. The molecule has 0 saturated carbocycles. The summed E-state index contributed by atoms with van der Waals surface area (Å²) in [5.41, 5.74) is 7.96. The van der Waals surface area contributed by atoms with Crippen molar-refractivity contribution < 1.29 is 0 Å². The first kappa shape index (κ1) is 12.1. The molecule has 0 atom stereocenters. The number of hydrogen-bond acceptors (Lipinski definition) is 3. The predicted octanol–water partition coefficient (Wildman–Crippen LogP) is 2.86. The van der Waals surface area contributed by atoms with E-state index in [4.69, 9.17) is 17.3 Å². The molecule has 88 valence electrons. The van der Waals surface area contributed by atoms with Crippen molar-refractivity contribution in [3.05, 3.63) is 28.8 Å². The molecule has 2 N–H and O–H groups in total. The molecule has 2 nitrogen and oxygen atoms in total. The Hall–Kier alpha value is -0.380. The molecular weight excluding hydrogens is 240 g/mol. The standard InChI is InChI=1S/C12H17ClN2S/c13-11-2-3-12(14)10(8-11)9-15-4-1-6-16-7-5-15/h2-3,8H,1,4-7,9,14H2. The Balaban J connectivity index is 2.04. The van der Waals surface area contributed by atoms with Gasteiger partial charge in [0.15, 0.2) is 0 Å². The van der Waals surface area contributed by atoms with Crippen molar-refractivity contribution in [3.63, 3.8) is 0 Å². The summed E-state index contributed by atoms with van der Waals surface area (Å²) in [7, 11) is 0. The van der Waals surface area contributed by atoms with Crippen LogP contribution in [0.25, 0.3) is 0 Å². The monoisotopic (exact) mass is 256 g/mol. The summed E-state index contributed by atoms with van der Waals surface area (Å²) >= 11 is 8.03. The number of rotatable bonds is 2. The third kappa shape index (κ3) is 3.30. The molecule has 0 bridgehead atoms. The zero-order chi connectivity index (χ0) is 11.4. The van der Waals surface area contributed by atoms with Crippen LogP contribution in [0.4, 0.5) is 5.69 Å². The fraction of sp³-hybridized carbons (Fsp3) is 0.500. The van der Waals surface area contributed by atoms with E-state index in [9.17, 15) is 0 Å². The van der Waals surface area contributed by atoms with Crippen LogP contribution < -0.4 is 5.73 Å². The van der Waals surface area contributed by atoms with Crippen LogP contribution in [-0.2, 0) is 6.54 Å². The lowest BCUT2D eigenvalue weighted by molar-refractivity contribution is 0.288. The third-order valence-electron chi connectivity index (χ3n) is 2.81. The minimum absolute atomic E-state index is 0.772. The van der Waals surface area contributed by atoms with E-state index >= 15 is 0 Å². The molecule has 1 aromatic rings. The van der Waals surface area contributed by atoms with Crippen molar-refractivity contribution >= 4 is 29.1 Å². The summed E-state index contributed by atoms with van der Waals surface area (Å²) in [6.45, 7) is 3.24. The van der Waals surface area contributed by atoms with Gasteiger partial charge in [0.2, 0.25) is 0 Å². The van der Waals surface area contributed by atoms with E-state index in [2.05, 4.69) is 4.90 Å². The smallest absolute Gasteiger partial charge is 0.0410 e. The molecule has 1 aliphatic rings. The van der Waals surface area contributed by atoms with Crippen molar-refractivity contribution in [2.75, 3.05) is 30.3 Å². The van der Waals surface area contributed by atoms with E-state index in [0.29, 0.717) is 0 Å². The molecule has 2 rings (SSSR count). The summed E-state index contributed by atoms with van der Waals surface area (Å²) in [6, 6.07) is 5.72. The number of anilines is 1. The molecule has 1 aromatic carbocycles. The Morgan fingerprint density at radius 3 is 3.06 bits per heavy atom. The summed E-state index contributed by atoms with van der Waals surface area (Å²) < 4.78 is 0. The number of benzene rings is 1. The van der Waals surface area contributed by atoms with E-state index in [1.54, 1.807) is 0 Å². The number of nitrogens with two attached hydrogens (primary N) is 1. The van der Waals surface area contributed by atoms with E-state index in [-0.39, 0.29) is 0 Å². The highest BCUT2D eigenvalue weighted by atomic mass is 35.5. The van der Waals surface area contributed by atoms with Crippen molar-refractivity contribution in [1.82, 2.24) is 4.90 Å². The highest BCUT2D eigenvalue weighted by Crippen LogP contribution is 2.21. The number of hydrogen-bond donors (Lipinski definition) is 1. The maximum atomic E-state index is 5.99. The Labute approximate surface area is 106 Å². The van der Waals surface area contributed by atoms with Gasteiger partial charge in [-0.3, -0.25) is 4.90 Å². The van der Waals surface area contributed by atoms with Gasteiger partial charge in [-0.25, -0.2) is 0 Å². The molecule has 1 heterocycles. The molecule has 0 aliphatic carbocycles. The molecule has 0 unspecified atom stereocenters. The Morgan fingerprint density at radius 1 is 1.31 bits per heavy atom. The Morgan fingerprint density at radius 2 is 2.19 bits per heavy atom. The second kappa shape index (κ2) is 5.80. The van der Waals surface area contributed by atoms with Crippen LogP contribution in [0.15, 0.2) is 18.2 Å². The molecule has 0 radical (unpaired) electrons. The van der Waals surface area contributed by atoms with E-state index in [1.807, 2.05) is 30.0 Å². The first-order chi connectivity index (χ1) is 7.75. The fourth-order valence-electron chi connectivity index (χ4n) is 1.91. The van der Waals surface area contributed by atoms with Crippen molar-refractivity contribution in [2.24, 2.45) is 0 Å². The average molecular weight is 257 g/mol. The number of nitrogen functional groups attached to an aromatic ring is 1. The van der Waals surface area contributed by atoms with Crippen molar-refractivity contribution in [2.45, 2.75) is 13.0 Å². The second-order valence-corrected chi connectivity index (χ2v) is 5.75. The molecule has 1 fully saturated rings. The molecule has 0 spiro atoms. The summed E-state index contributed by atoms with van der Waals surface area (Å²) in [5, 5.41) is 0.772. The van der Waals surface area contributed by atoms with E-state index in [0.717, 1.165) is 29.4 Å². The molecule has 0 amide bonds. The van der Waals surface area contributed by atoms with Crippen molar-refractivity contribution in [3.8, 4) is 0 Å². The number of halogens is 1. The molecule has 4 heteroatoms. The fourth-order valence-corrected chi connectivity index (χ4v) is 3.03. The Bertz CT molecular complexity index is 349. The van der Waals surface area contributed by atoms with Gasteiger partial charge in [0, 0.05) is 29.6 Å². The number of nitrogens with zero attached hydrogens (tertiary/aromatic N) is 1. The molecule has 0 aromatic heterocycles. The Kier molecular flexibility index (Phi) is 4.38. The van der Waals surface area contributed by atoms with E-state index in [1.165, 1.54) is 24.5 Å². The SMILES string of the molecule is Nc1ccc(Cl)cc1CN1CCCSCC1. The van der Waals surface area contributed by atoms with Gasteiger partial charge in [-0.1, -0.05) is 11.6 Å². The third-order valence-corrected chi connectivity index (χ3v) is 4.10. The average Bonchev–Trinajstić information content (AvgIpc) is 2.52. The second-order valence-electron chi connectivity index (χ2n) is 4.09. The lowest BCUT2D eigenvalue weighted by Gasteiger charge is -2.20. The van der Waals surface area contributed by atoms with Gasteiger partial charge >= 0.3 is 0 Å². The minimum atomic E-state index is 0.772. The van der Waals surface area contributed by atoms with Crippen LogP contribution in [0.1, 0.15) is 12.0 Å². The molecule has 1 saturated heterocycles. The zero-order valence-corrected chi connectivity index (χ0v) is 10.9. The topological polar surface area (TPSA) is 29.3 Å². The summed E-state index contributed by atoms with van der Waals surface area (Å²) in [5.74, 6) is 2.50. The largest absolute Gasteiger partial charge is 0.398 e. The zero-order valence-electron chi connectivity index (χ0n) is 9.29. The van der Waals surface area contributed by atoms with Gasteiger partial charge < -0.3 is 5.73 Å². The van der Waals surface area contributed by atoms with Crippen LogP contribution in [0.3, 0.4) is 0 Å². The van der Waals surface area contributed by atoms with Crippen LogP contribution in [0.2, 0.25) is 5.02 Å². The molecule has 16 heavy (non-hydrogen) atoms. The van der Waals surface area contributed by atoms with Gasteiger partial charge in [0.25, 0.3) is 0 Å². The highest BCUT2D eigenvalue weighted by Gasteiger charge is 2.11. The normalized spacial score (nSPS) is 18.3. The quantitative estimate of drug-likeness (QED) is 0.825. The highest BCUT2D eigenvalue weighted by molar-refractivity contribution is 7.99. The van der Waals surface area contributed by atoms with Crippen LogP contribution in [-0.4, -0.2) is 29.5 Å². The summed E-state index contributed by atoms with van der Waals surface area (Å²) in [4.78, 5) is 2.46. The molecular formula is C12H17ClN2S. The van der Waals surface area contributed by atoms with Gasteiger partial charge in [-0.15, -0.1) is 0 Å². The van der Waals surface area contributed by atoms with Crippen molar-refractivity contribution in [1.29, 1.82) is 0 Å². The summed E-state index contributed by atoms with van der Waals surface area (Å²) in [6.07, 6.45) is 1.27. The van der Waals surface area contributed by atoms with Crippen LogP contribution in [0.5, 0.6) is 0 Å². The first-order valence-electron chi connectivity index (χ1n) is 5.60. The van der Waals surface area contributed by atoms with Crippen LogP contribution in [0, 0.1) is 0 Å². The molecule has 1 aliphatic heterocycles. The maximum absolute atomic E-state index is 5.99. The van der Waals surface area contributed by atoms with Gasteiger partial charge in [-0.05, 0) is 42.5 Å². The van der Waals surface area contributed by atoms with Gasteiger partial charge in [0.05, 0.1) is 0 Å². The van der Waals surface area contributed by atoms with E-state index < -0.39 is 0 Å². The van der Waals surface area contributed by atoms with Gasteiger partial charge in [0.1, 0.15) is 0 Å². The van der Waals surface area contributed by atoms with Gasteiger partial charge in [-0.2, -0.15) is 11.8 Å². The maximum Gasteiger partial charge on any atom is 0.0410 e. The number of thioether (sulfide) groups is 1. The predicted molar refractivity (Wildman–Crippen MR) is 73.1 cm³/mol.